The molecule has 1 aromatic carbocycles. The molecule has 1 rings (SSSR count). The van der Waals surface area contributed by atoms with Crippen LogP contribution in [0.3, 0.4) is 0 Å². The van der Waals surface area contributed by atoms with Gasteiger partial charge in [0.2, 0.25) is 0 Å². The van der Waals surface area contributed by atoms with Crippen LogP contribution in [0, 0.1) is 0 Å². The molecular formula is C14H20ClNO5. The minimum Gasteiger partial charge on any atom is -0.460 e. The Morgan fingerprint density at radius 2 is 1.71 bits per heavy atom. The fraction of sp³-hybridized carbons (Fsp3) is 0.500. The molecule has 0 atom stereocenters. The first-order valence-electron chi connectivity index (χ1n) is 6.51. The zero-order valence-corrected chi connectivity index (χ0v) is 12.7. The Hall–Kier alpha value is -1.34. The Morgan fingerprint density at radius 3 is 2.33 bits per heavy atom. The lowest BCUT2D eigenvalue weighted by molar-refractivity contribution is 0.00574. The lowest BCUT2D eigenvalue weighted by atomic mass is 10.2. The number of benzene rings is 1. The van der Waals surface area contributed by atoms with Gasteiger partial charge in [-0.2, -0.15) is 0 Å². The molecule has 118 valence electrons. The van der Waals surface area contributed by atoms with E-state index in [2.05, 4.69) is 0 Å². The van der Waals surface area contributed by atoms with Crippen LogP contribution < -0.4 is 5.73 Å². The summed E-state index contributed by atoms with van der Waals surface area (Å²) in [5, 5.41) is 0.473. The van der Waals surface area contributed by atoms with Gasteiger partial charge in [0.15, 0.2) is 0 Å². The molecule has 21 heavy (non-hydrogen) atoms. The molecule has 0 saturated carbocycles. The van der Waals surface area contributed by atoms with Gasteiger partial charge in [-0.15, -0.1) is 0 Å². The van der Waals surface area contributed by atoms with Crippen molar-refractivity contribution < 1.29 is 23.7 Å². The lowest BCUT2D eigenvalue weighted by Crippen LogP contribution is -2.14. The first-order valence-corrected chi connectivity index (χ1v) is 6.89. The van der Waals surface area contributed by atoms with Gasteiger partial charge in [-0.3, -0.25) is 0 Å². The molecule has 6 nitrogen and oxygen atoms in total. The molecule has 0 bridgehead atoms. The maximum atomic E-state index is 11.7. The second-order valence-electron chi connectivity index (χ2n) is 4.09. The molecule has 2 N–H and O–H groups in total. The molecule has 0 unspecified atom stereocenters. The molecule has 0 spiro atoms. The largest absolute Gasteiger partial charge is 0.460 e. The van der Waals surface area contributed by atoms with Gasteiger partial charge in [0.1, 0.15) is 6.61 Å². The quantitative estimate of drug-likeness (QED) is 0.402. The highest BCUT2D eigenvalue weighted by Crippen LogP contribution is 2.18. The van der Waals surface area contributed by atoms with Crippen LogP contribution in [0.4, 0.5) is 5.69 Å². The van der Waals surface area contributed by atoms with Gasteiger partial charge in [0, 0.05) is 17.8 Å². The zero-order chi connectivity index (χ0) is 15.5. The van der Waals surface area contributed by atoms with Gasteiger partial charge >= 0.3 is 5.97 Å². The average molecular weight is 318 g/mol. The maximum absolute atomic E-state index is 11.7. The van der Waals surface area contributed by atoms with Gasteiger partial charge in [-0.25, -0.2) is 4.79 Å². The van der Waals surface area contributed by atoms with Crippen LogP contribution in [0.2, 0.25) is 5.02 Å². The molecule has 0 aliphatic carbocycles. The number of hydrogen-bond donors (Lipinski definition) is 1. The third kappa shape index (κ3) is 7.29. The van der Waals surface area contributed by atoms with Gasteiger partial charge in [0.05, 0.1) is 38.6 Å². The van der Waals surface area contributed by atoms with Crippen molar-refractivity contribution in [2.24, 2.45) is 0 Å². The summed E-state index contributed by atoms with van der Waals surface area (Å²) in [7, 11) is 1.61. The molecule has 0 aliphatic rings. The number of carbonyl (C=O) groups excluding carboxylic acids is 1. The molecule has 0 amide bonds. The number of hydrogen-bond acceptors (Lipinski definition) is 6. The van der Waals surface area contributed by atoms with Crippen LogP contribution in [0.5, 0.6) is 0 Å². The molecule has 0 heterocycles. The minimum absolute atomic E-state index is 0.152. The summed E-state index contributed by atoms with van der Waals surface area (Å²) in [5.41, 5.74) is 6.27. The van der Waals surface area contributed by atoms with Gasteiger partial charge < -0.3 is 24.7 Å². The van der Waals surface area contributed by atoms with Crippen molar-refractivity contribution in [2.75, 3.05) is 52.5 Å². The van der Waals surface area contributed by atoms with E-state index in [1.807, 2.05) is 0 Å². The van der Waals surface area contributed by atoms with Crippen molar-refractivity contribution in [2.45, 2.75) is 0 Å². The topological polar surface area (TPSA) is 80.0 Å². The second-order valence-corrected chi connectivity index (χ2v) is 4.52. The van der Waals surface area contributed by atoms with Gasteiger partial charge in [0.25, 0.3) is 0 Å². The van der Waals surface area contributed by atoms with Crippen LogP contribution >= 0.6 is 11.6 Å². The predicted octanol–water partition coefficient (Wildman–Crippen LogP) is 1.76. The van der Waals surface area contributed by atoms with E-state index in [1.54, 1.807) is 13.2 Å². The number of nitrogens with two attached hydrogens (primary N) is 1. The number of anilines is 1. The molecule has 0 radical (unpaired) electrons. The van der Waals surface area contributed by atoms with E-state index in [9.17, 15) is 4.79 Å². The van der Waals surface area contributed by atoms with Gasteiger partial charge in [-0.05, 0) is 18.2 Å². The number of nitrogen functional groups attached to an aromatic ring is 1. The Bertz CT molecular complexity index is 441. The smallest absolute Gasteiger partial charge is 0.340 e. The van der Waals surface area contributed by atoms with E-state index in [0.29, 0.717) is 49.3 Å². The highest BCUT2D eigenvalue weighted by molar-refractivity contribution is 6.31. The molecule has 1 aromatic rings. The standard InChI is InChI=1S/C14H20ClNO5/c1-18-4-5-19-6-7-20-8-9-21-14(17)12-3-2-11(15)10-13(12)16/h2-3,10H,4-9,16H2,1H3. The van der Waals surface area contributed by atoms with E-state index in [1.165, 1.54) is 12.1 Å². The monoisotopic (exact) mass is 317 g/mol. The summed E-state index contributed by atoms with van der Waals surface area (Å²) in [4.78, 5) is 11.7. The van der Waals surface area contributed by atoms with E-state index in [0.717, 1.165) is 0 Å². The molecule has 0 saturated heterocycles. The summed E-state index contributed by atoms with van der Waals surface area (Å²) in [6.07, 6.45) is 0. The Morgan fingerprint density at radius 1 is 1.10 bits per heavy atom. The van der Waals surface area contributed by atoms with Crippen molar-refractivity contribution in [1.82, 2.24) is 0 Å². The summed E-state index contributed by atoms with van der Waals surface area (Å²) in [6.45, 7) is 2.45. The third-order valence-electron chi connectivity index (χ3n) is 2.50. The van der Waals surface area contributed by atoms with Crippen LogP contribution in [0.15, 0.2) is 18.2 Å². The Kier molecular flexibility index (Phi) is 8.77. The normalized spacial score (nSPS) is 10.6. The highest BCUT2D eigenvalue weighted by Gasteiger charge is 2.11. The van der Waals surface area contributed by atoms with E-state index < -0.39 is 5.97 Å². The first-order chi connectivity index (χ1) is 10.1. The number of rotatable bonds is 10. The number of carbonyl (C=O) groups is 1. The molecular weight excluding hydrogens is 298 g/mol. The average Bonchev–Trinajstić information content (AvgIpc) is 2.45. The second kappa shape index (κ2) is 10.4. The number of ether oxygens (including phenoxy) is 4. The van der Waals surface area contributed by atoms with Crippen molar-refractivity contribution in [1.29, 1.82) is 0 Å². The fourth-order valence-corrected chi connectivity index (χ4v) is 1.64. The fourth-order valence-electron chi connectivity index (χ4n) is 1.45. The van der Waals surface area contributed by atoms with E-state index in [4.69, 9.17) is 36.3 Å². The van der Waals surface area contributed by atoms with Crippen molar-refractivity contribution >= 4 is 23.3 Å². The summed E-state index contributed by atoms with van der Waals surface area (Å²) >= 11 is 5.76. The summed E-state index contributed by atoms with van der Waals surface area (Å²) < 4.78 is 20.3. The van der Waals surface area contributed by atoms with Crippen LogP contribution in [-0.2, 0) is 18.9 Å². The van der Waals surface area contributed by atoms with Crippen LogP contribution in [-0.4, -0.2) is 52.7 Å². The van der Waals surface area contributed by atoms with Crippen molar-refractivity contribution in [3.63, 3.8) is 0 Å². The third-order valence-corrected chi connectivity index (χ3v) is 2.73. The molecule has 7 heteroatoms. The summed E-state index contributed by atoms with van der Waals surface area (Å²) in [5.74, 6) is -0.496. The summed E-state index contributed by atoms with van der Waals surface area (Å²) in [6, 6.07) is 4.62. The number of halogens is 1. The SMILES string of the molecule is COCCOCCOCCOC(=O)c1ccc(Cl)cc1N. The minimum atomic E-state index is -0.496. The maximum Gasteiger partial charge on any atom is 0.340 e. The first kappa shape index (κ1) is 17.7. The Balaban J connectivity index is 2.11. The number of esters is 1. The highest BCUT2D eigenvalue weighted by atomic mass is 35.5. The van der Waals surface area contributed by atoms with E-state index in [-0.39, 0.29) is 6.61 Å². The molecule has 0 aromatic heterocycles. The Labute approximate surface area is 129 Å². The number of methoxy groups -OCH3 is 1. The lowest BCUT2D eigenvalue weighted by Gasteiger charge is -2.08. The van der Waals surface area contributed by atoms with E-state index >= 15 is 0 Å². The predicted molar refractivity (Wildman–Crippen MR) is 79.7 cm³/mol. The zero-order valence-electron chi connectivity index (χ0n) is 12.0. The van der Waals surface area contributed by atoms with Crippen molar-refractivity contribution in [3.05, 3.63) is 28.8 Å². The van der Waals surface area contributed by atoms with Crippen LogP contribution in [0.25, 0.3) is 0 Å². The molecule has 0 fully saturated rings. The van der Waals surface area contributed by atoms with Crippen LogP contribution in [0.1, 0.15) is 10.4 Å². The molecule has 0 aliphatic heterocycles. The van der Waals surface area contributed by atoms with Crippen molar-refractivity contribution in [3.8, 4) is 0 Å². The van der Waals surface area contributed by atoms with Gasteiger partial charge in [-0.1, -0.05) is 11.6 Å².